The van der Waals surface area contributed by atoms with Crippen molar-refractivity contribution < 1.29 is 4.74 Å². The first-order valence-corrected chi connectivity index (χ1v) is 7.13. The van der Waals surface area contributed by atoms with Crippen LogP contribution in [0, 0.1) is 0 Å². The van der Waals surface area contributed by atoms with Gasteiger partial charge in [0.05, 0.1) is 17.0 Å². The Balaban J connectivity index is 1.83. The highest BCUT2D eigenvalue weighted by atomic mass is 16.5. The molecule has 1 fully saturated rings. The molecule has 3 rings (SSSR count). The molecule has 1 aliphatic rings. The molecule has 1 aliphatic heterocycles. The third kappa shape index (κ3) is 2.54. The maximum atomic E-state index is 12.1. The fourth-order valence-electron chi connectivity index (χ4n) is 2.69. The molecule has 0 aliphatic carbocycles. The van der Waals surface area contributed by atoms with Gasteiger partial charge in [-0.15, -0.1) is 0 Å². The molecule has 1 aromatic heterocycles. The van der Waals surface area contributed by atoms with Crippen molar-refractivity contribution in [2.45, 2.75) is 25.9 Å². The minimum atomic E-state index is -0.0717. The third-order valence-corrected chi connectivity index (χ3v) is 3.74. The summed E-state index contributed by atoms with van der Waals surface area (Å²) >= 11 is 0. The molecular weight excluding hydrogens is 254 g/mol. The van der Waals surface area contributed by atoms with E-state index in [2.05, 4.69) is 14.9 Å². The van der Waals surface area contributed by atoms with E-state index in [4.69, 9.17) is 4.74 Å². The number of ether oxygens (including phenoxy) is 1. The Bertz CT molecular complexity index is 645. The molecule has 20 heavy (non-hydrogen) atoms. The first-order chi connectivity index (χ1) is 9.78. The van der Waals surface area contributed by atoms with Gasteiger partial charge in [0.25, 0.3) is 5.56 Å². The maximum absolute atomic E-state index is 12.1. The number of H-pyrrole nitrogens is 1. The number of aromatic nitrogens is 2. The zero-order valence-electron chi connectivity index (χ0n) is 11.6. The quantitative estimate of drug-likeness (QED) is 0.928. The van der Waals surface area contributed by atoms with Gasteiger partial charge in [-0.25, -0.2) is 4.98 Å². The zero-order chi connectivity index (χ0) is 13.9. The van der Waals surface area contributed by atoms with Gasteiger partial charge in [0.2, 0.25) is 5.95 Å². The van der Waals surface area contributed by atoms with E-state index >= 15 is 0 Å². The van der Waals surface area contributed by atoms with Gasteiger partial charge in [-0.1, -0.05) is 12.1 Å². The lowest BCUT2D eigenvalue weighted by molar-refractivity contribution is 0.0457. The number of fused-ring (bicyclic) bond motifs is 1. The van der Waals surface area contributed by atoms with Crippen LogP contribution in [-0.2, 0) is 4.74 Å². The Morgan fingerprint density at radius 1 is 1.35 bits per heavy atom. The summed E-state index contributed by atoms with van der Waals surface area (Å²) in [6.45, 7) is 4.52. The first-order valence-electron chi connectivity index (χ1n) is 7.13. The minimum absolute atomic E-state index is 0.0717. The number of hydrogen-bond acceptors (Lipinski definition) is 4. The Hall–Kier alpha value is -1.88. The molecule has 0 radical (unpaired) electrons. The van der Waals surface area contributed by atoms with E-state index in [0.29, 0.717) is 17.4 Å². The fraction of sp³-hybridized carbons (Fsp3) is 0.467. The van der Waals surface area contributed by atoms with Crippen molar-refractivity contribution in [1.82, 2.24) is 9.97 Å². The summed E-state index contributed by atoms with van der Waals surface area (Å²) < 4.78 is 5.64. The number of hydrogen-bond donors (Lipinski definition) is 1. The summed E-state index contributed by atoms with van der Waals surface area (Å²) in [6, 6.07) is 7.43. The average Bonchev–Trinajstić information content (AvgIpc) is 2.48. The van der Waals surface area contributed by atoms with Gasteiger partial charge in [0.15, 0.2) is 0 Å². The van der Waals surface area contributed by atoms with Crippen molar-refractivity contribution in [1.29, 1.82) is 0 Å². The van der Waals surface area contributed by atoms with E-state index in [1.54, 1.807) is 6.07 Å². The molecule has 2 heterocycles. The molecule has 1 saturated heterocycles. The fourth-order valence-corrected chi connectivity index (χ4v) is 2.69. The third-order valence-electron chi connectivity index (χ3n) is 3.74. The van der Waals surface area contributed by atoms with Crippen molar-refractivity contribution >= 4 is 16.9 Å². The molecular formula is C15H19N3O2. The zero-order valence-corrected chi connectivity index (χ0v) is 11.6. The second kappa shape index (κ2) is 5.63. The smallest absolute Gasteiger partial charge is 0.260 e. The van der Waals surface area contributed by atoms with Crippen LogP contribution in [0.15, 0.2) is 29.1 Å². The molecule has 2 aromatic rings. The molecule has 1 aromatic carbocycles. The molecule has 106 valence electrons. The van der Waals surface area contributed by atoms with Crippen molar-refractivity contribution in [2.75, 3.05) is 24.6 Å². The number of rotatable bonds is 3. The van der Waals surface area contributed by atoms with Gasteiger partial charge in [0, 0.05) is 19.7 Å². The first kappa shape index (κ1) is 13.1. The van der Waals surface area contributed by atoms with Crippen LogP contribution in [0.3, 0.4) is 0 Å². The highest BCUT2D eigenvalue weighted by Crippen LogP contribution is 2.18. The predicted octanol–water partition coefficient (Wildman–Crippen LogP) is 1.93. The Kier molecular flexibility index (Phi) is 3.69. The van der Waals surface area contributed by atoms with E-state index in [9.17, 15) is 4.79 Å². The summed E-state index contributed by atoms with van der Waals surface area (Å²) in [5.74, 6) is 0.670. The lowest BCUT2D eigenvalue weighted by Crippen LogP contribution is -2.38. The molecule has 5 nitrogen and oxygen atoms in total. The van der Waals surface area contributed by atoms with Gasteiger partial charge in [-0.2, -0.15) is 0 Å². The summed E-state index contributed by atoms with van der Waals surface area (Å²) in [4.78, 5) is 21.6. The summed E-state index contributed by atoms with van der Waals surface area (Å²) in [6.07, 6.45) is 2.29. The number of para-hydroxylation sites is 1. The van der Waals surface area contributed by atoms with Crippen molar-refractivity contribution in [3.05, 3.63) is 34.6 Å². The van der Waals surface area contributed by atoms with Crippen LogP contribution in [0.5, 0.6) is 0 Å². The van der Waals surface area contributed by atoms with Crippen molar-refractivity contribution in [3.8, 4) is 0 Å². The van der Waals surface area contributed by atoms with Gasteiger partial charge in [0.1, 0.15) is 0 Å². The number of nitrogens with one attached hydrogen (secondary N) is 1. The molecule has 5 heteroatoms. The van der Waals surface area contributed by atoms with Gasteiger partial charge in [-0.3, -0.25) is 9.78 Å². The minimum Gasteiger partial charge on any atom is -0.378 e. The Morgan fingerprint density at radius 2 is 2.10 bits per heavy atom. The van der Waals surface area contributed by atoms with Crippen molar-refractivity contribution in [3.63, 3.8) is 0 Å². The monoisotopic (exact) mass is 273 g/mol. The number of piperidine rings is 1. The van der Waals surface area contributed by atoms with Crippen LogP contribution in [-0.4, -0.2) is 35.8 Å². The van der Waals surface area contributed by atoms with E-state index in [-0.39, 0.29) is 5.56 Å². The van der Waals surface area contributed by atoms with Gasteiger partial charge in [-0.05, 0) is 31.9 Å². The second-order valence-corrected chi connectivity index (χ2v) is 5.05. The van der Waals surface area contributed by atoms with E-state index in [1.807, 2.05) is 25.1 Å². The van der Waals surface area contributed by atoms with Gasteiger partial charge >= 0.3 is 0 Å². The number of nitrogens with zero attached hydrogens (tertiary/aromatic N) is 2. The number of aromatic amines is 1. The lowest BCUT2D eigenvalue weighted by atomic mass is 10.1. The van der Waals surface area contributed by atoms with Crippen LogP contribution in [0.1, 0.15) is 19.8 Å². The lowest BCUT2D eigenvalue weighted by Gasteiger charge is -2.32. The normalized spacial score (nSPS) is 16.8. The maximum Gasteiger partial charge on any atom is 0.260 e. The van der Waals surface area contributed by atoms with Crippen molar-refractivity contribution in [2.24, 2.45) is 0 Å². The van der Waals surface area contributed by atoms with E-state index in [0.717, 1.165) is 38.1 Å². The van der Waals surface area contributed by atoms with Crippen LogP contribution in [0.2, 0.25) is 0 Å². The average molecular weight is 273 g/mol. The summed E-state index contributed by atoms with van der Waals surface area (Å²) in [7, 11) is 0. The summed E-state index contributed by atoms with van der Waals surface area (Å²) in [5, 5.41) is 0.639. The standard InChI is InChI=1S/C15H19N3O2/c1-2-20-11-7-9-18(10-8-11)15-16-13-6-4-3-5-12(13)14(19)17-15/h3-6,11H,2,7-10H2,1H3,(H,16,17,19). The molecule has 0 bridgehead atoms. The van der Waals surface area contributed by atoms with Gasteiger partial charge < -0.3 is 9.64 Å². The van der Waals surface area contributed by atoms with Crippen LogP contribution in [0.25, 0.3) is 10.9 Å². The number of benzene rings is 1. The highest BCUT2D eigenvalue weighted by molar-refractivity contribution is 5.78. The molecule has 0 saturated carbocycles. The largest absolute Gasteiger partial charge is 0.378 e. The van der Waals surface area contributed by atoms with Crippen LogP contribution >= 0.6 is 0 Å². The predicted molar refractivity (Wildman–Crippen MR) is 79.2 cm³/mol. The van der Waals surface area contributed by atoms with Crippen LogP contribution < -0.4 is 10.5 Å². The summed E-state index contributed by atoms with van der Waals surface area (Å²) in [5.41, 5.74) is 0.677. The van der Waals surface area contributed by atoms with Crippen LogP contribution in [0.4, 0.5) is 5.95 Å². The molecule has 0 spiro atoms. The molecule has 0 amide bonds. The van der Waals surface area contributed by atoms with E-state index in [1.165, 1.54) is 0 Å². The number of anilines is 1. The second-order valence-electron chi connectivity index (χ2n) is 5.05. The molecule has 0 unspecified atom stereocenters. The molecule has 1 N–H and O–H groups in total. The topological polar surface area (TPSA) is 58.2 Å². The highest BCUT2D eigenvalue weighted by Gasteiger charge is 2.21. The Labute approximate surface area is 117 Å². The Morgan fingerprint density at radius 3 is 2.85 bits per heavy atom. The SMILES string of the molecule is CCOC1CCN(c2nc3ccccc3c(=O)[nH]2)CC1. The molecule has 0 atom stereocenters. The van der Waals surface area contributed by atoms with E-state index < -0.39 is 0 Å².